The van der Waals surface area contributed by atoms with Crippen LogP contribution in [0.4, 0.5) is 0 Å². The number of fused-ring (bicyclic) bond motifs is 1. The van der Waals surface area contributed by atoms with E-state index in [-0.39, 0.29) is 12.0 Å². The quantitative estimate of drug-likeness (QED) is 0.910. The normalized spacial score (nSPS) is 15.8. The highest BCUT2D eigenvalue weighted by molar-refractivity contribution is 5.86. The van der Waals surface area contributed by atoms with Gasteiger partial charge in [-0.1, -0.05) is 18.2 Å². The summed E-state index contributed by atoms with van der Waals surface area (Å²) in [6.07, 6.45) is 2.69. The molecular weight excluding hydrogens is 296 g/mol. The molecule has 1 aromatic carbocycles. The smallest absolute Gasteiger partial charge is 0.309 e. The minimum atomic E-state index is -0.947. The number of rotatable bonds is 5. The molecule has 2 heterocycles. The average Bonchev–Trinajstić information content (AvgIpc) is 2.57. The van der Waals surface area contributed by atoms with Crippen LogP contribution in [0.1, 0.15) is 25.0 Å². The van der Waals surface area contributed by atoms with Crippen molar-refractivity contribution < 1.29 is 14.6 Å². The number of aryl methyl sites for hydroxylation is 1. The van der Waals surface area contributed by atoms with Crippen molar-refractivity contribution >= 4 is 16.7 Å². The van der Waals surface area contributed by atoms with E-state index in [9.17, 15) is 9.59 Å². The Morgan fingerprint density at radius 3 is 2.65 bits per heavy atom. The first-order valence-electron chi connectivity index (χ1n) is 7.93. The Hall–Kier alpha value is -2.21. The maximum absolute atomic E-state index is 12.6. The van der Waals surface area contributed by atoms with Crippen molar-refractivity contribution in [3.05, 3.63) is 40.3 Å². The predicted molar refractivity (Wildman–Crippen MR) is 85.5 cm³/mol. The summed E-state index contributed by atoms with van der Waals surface area (Å²) < 4.78 is 6.77. The molecule has 0 saturated carbocycles. The van der Waals surface area contributed by atoms with Crippen molar-refractivity contribution in [2.45, 2.75) is 32.2 Å². The van der Waals surface area contributed by atoms with E-state index >= 15 is 0 Å². The molecule has 1 saturated heterocycles. The Morgan fingerprint density at radius 1 is 1.26 bits per heavy atom. The molecule has 122 valence electrons. The molecule has 0 bridgehead atoms. The highest BCUT2D eigenvalue weighted by Gasteiger charge is 2.16. The van der Waals surface area contributed by atoms with Crippen molar-refractivity contribution in [2.24, 2.45) is 5.92 Å². The van der Waals surface area contributed by atoms with Gasteiger partial charge in [-0.2, -0.15) is 5.10 Å². The lowest BCUT2D eigenvalue weighted by Crippen LogP contribution is -2.27. The summed E-state index contributed by atoms with van der Waals surface area (Å²) in [7, 11) is 0. The molecule has 0 spiro atoms. The molecule has 0 amide bonds. The van der Waals surface area contributed by atoms with Crippen LogP contribution >= 0.6 is 0 Å². The van der Waals surface area contributed by atoms with E-state index in [4.69, 9.17) is 9.84 Å². The lowest BCUT2D eigenvalue weighted by Gasteiger charge is -2.22. The fourth-order valence-corrected chi connectivity index (χ4v) is 3.07. The zero-order valence-corrected chi connectivity index (χ0v) is 12.9. The van der Waals surface area contributed by atoms with E-state index in [1.54, 1.807) is 24.3 Å². The molecule has 0 unspecified atom stereocenters. The number of carboxylic acids is 1. The van der Waals surface area contributed by atoms with Crippen molar-refractivity contribution in [2.75, 3.05) is 13.2 Å². The van der Waals surface area contributed by atoms with Gasteiger partial charge in [0.2, 0.25) is 0 Å². The summed E-state index contributed by atoms with van der Waals surface area (Å²) in [5.74, 6) is -0.413. The fraction of sp³-hybridized carbons (Fsp3) is 0.471. The molecule has 2 aromatic rings. The van der Waals surface area contributed by atoms with Crippen molar-refractivity contribution in [1.29, 1.82) is 0 Å². The Balaban J connectivity index is 1.91. The Labute approximate surface area is 133 Å². The van der Waals surface area contributed by atoms with E-state index in [2.05, 4.69) is 5.10 Å². The van der Waals surface area contributed by atoms with Gasteiger partial charge < -0.3 is 9.84 Å². The summed E-state index contributed by atoms with van der Waals surface area (Å²) in [6, 6.07) is 7.07. The maximum atomic E-state index is 12.6. The summed E-state index contributed by atoms with van der Waals surface area (Å²) in [4.78, 5) is 23.6. The molecule has 1 fully saturated rings. The third-order valence-corrected chi connectivity index (χ3v) is 4.35. The first-order valence-corrected chi connectivity index (χ1v) is 7.93. The number of benzene rings is 1. The summed E-state index contributed by atoms with van der Waals surface area (Å²) >= 11 is 0. The van der Waals surface area contributed by atoms with Crippen molar-refractivity contribution in [3.63, 3.8) is 0 Å². The number of aromatic nitrogens is 2. The van der Waals surface area contributed by atoms with E-state index in [1.165, 1.54) is 4.68 Å². The van der Waals surface area contributed by atoms with Gasteiger partial charge in [0.15, 0.2) is 0 Å². The van der Waals surface area contributed by atoms with Crippen LogP contribution < -0.4 is 5.56 Å². The molecule has 1 aliphatic heterocycles. The standard InChI is InChI=1S/C17H20N2O4/c20-16(21)11-15-13-3-1-2-4-14(13)17(22)19(18-15)8-5-12-6-9-23-10-7-12/h1-4,12H,5-11H2,(H,20,21). The van der Waals surface area contributed by atoms with Gasteiger partial charge in [-0.3, -0.25) is 9.59 Å². The van der Waals surface area contributed by atoms with Crippen molar-refractivity contribution in [3.8, 4) is 0 Å². The second-order valence-corrected chi connectivity index (χ2v) is 5.94. The predicted octanol–water partition coefficient (Wildman–Crippen LogP) is 1.84. The third-order valence-electron chi connectivity index (χ3n) is 4.35. The van der Waals surface area contributed by atoms with Crippen LogP contribution in [0.2, 0.25) is 0 Å². The Kier molecular flexibility index (Phi) is 4.71. The SMILES string of the molecule is O=C(O)Cc1nn(CCC2CCOCC2)c(=O)c2ccccc12. The number of carbonyl (C=O) groups is 1. The van der Waals surface area contributed by atoms with Crippen LogP contribution in [-0.4, -0.2) is 34.1 Å². The molecular formula is C17H20N2O4. The number of nitrogens with zero attached hydrogens (tertiary/aromatic N) is 2. The minimum absolute atomic E-state index is 0.151. The van der Waals surface area contributed by atoms with E-state index < -0.39 is 5.97 Å². The van der Waals surface area contributed by atoms with Gasteiger partial charge in [-0.15, -0.1) is 0 Å². The highest BCUT2D eigenvalue weighted by Crippen LogP contribution is 2.19. The lowest BCUT2D eigenvalue weighted by atomic mass is 9.97. The van der Waals surface area contributed by atoms with E-state index in [0.717, 1.165) is 32.5 Å². The molecule has 6 heteroatoms. The summed E-state index contributed by atoms with van der Waals surface area (Å²) in [5, 5.41) is 14.6. The first-order chi connectivity index (χ1) is 11.1. The zero-order chi connectivity index (χ0) is 16.2. The molecule has 1 N–H and O–H groups in total. The lowest BCUT2D eigenvalue weighted by molar-refractivity contribution is -0.136. The molecule has 6 nitrogen and oxygen atoms in total. The maximum Gasteiger partial charge on any atom is 0.309 e. The summed E-state index contributed by atoms with van der Waals surface area (Å²) in [5.41, 5.74) is 0.293. The Bertz CT molecular complexity index is 763. The number of ether oxygens (including phenoxy) is 1. The van der Waals surface area contributed by atoms with Gasteiger partial charge in [0, 0.05) is 25.1 Å². The van der Waals surface area contributed by atoms with E-state index in [1.807, 2.05) is 0 Å². The van der Waals surface area contributed by atoms with Crippen LogP contribution in [-0.2, 0) is 22.5 Å². The average molecular weight is 316 g/mol. The van der Waals surface area contributed by atoms with Gasteiger partial charge in [0.25, 0.3) is 5.56 Å². The first kappa shape index (κ1) is 15.7. The van der Waals surface area contributed by atoms with Crippen molar-refractivity contribution in [1.82, 2.24) is 9.78 Å². The molecule has 1 aromatic heterocycles. The van der Waals surface area contributed by atoms with Crippen LogP contribution in [0.3, 0.4) is 0 Å². The van der Waals surface area contributed by atoms with Crippen LogP contribution in [0.25, 0.3) is 10.8 Å². The van der Waals surface area contributed by atoms with Crippen LogP contribution in [0.15, 0.2) is 29.1 Å². The van der Waals surface area contributed by atoms with Crippen LogP contribution in [0.5, 0.6) is 0 Å². The number of aliphatic carboxylic acids is 1. The van der Waals surface area contributed by atoms with E-state index in [0.29, 0.717) is 28.9 Å². The second kappa shape index (κ2) is 6.91. The molecule has 0 radical (unpaired) electrons. The largest absolute Gasteiger partial charge is 0.481 e. The molecule has 0 atom stereocenters. The highest BCUT2D eigenvalue weighted by atomic mass is 16.5. The number of hydrogen-bond donors (Lipinski definition) is 1. The zero-order valence-electron chi connectivity index (χ0n) is 12.9. The summed E-state index contributed by atoms with van der Waals surface area (Å²) in [6.45, 7) is 2.06. The molecule has 0 aliphatic carbocycles. The van der Waals surface area contributed by atoms with Gasteiger partial charge in [0.1, 0.15) is 0 Å². The molecule has 3 rings (SSSR count). The number of hydrogen-bond acceptors (Lipinski definition) is 4. The fourth-order valence-electron chi connectivity index (χ4n) is 3.07. The topological polar surface area (TPSA) is 81.4 Å². The van der Waals surface area contributed by atoms with Gasteiger partial charge >= 0.3 is 5.97 Å². The van der Waals surface area contributed by atoms with Crippen LogP contribution in [0, 0.1) is 5.92 Å². The number of carboxylic acid groups (broad SMARTS) is 1. The van der Waals surface area contributed by atoms with Gasteiger partial charge in [-0.05, 0) is 31.2 Å². The molecule has 1 aliphatic rings. The minimum Gasteiger partial charge on any atom is -0.481 e. The molecule has 23 heavy (non-hydrogen) atoms. The van der Waals surface area contributed by atoms with Gasteiger partial charge in [0.05, 0.1) is 17.5 Å². The monoisotopic (exact) mass is 316 g/mol. The third kappa shape index (κ3) is 3.59. The van der Waals surface area contributed by atoms with Gasteiger partial charge in [-0.25, -0.2) is 4.68 Å². The second-order valence-electron chi connectivity index (χ2n) is 5.94. The Morgan fingerprint density at radius 2 is 1.96 bits per heavy atom.